The van der Waals surface area contributed by atoms with Crippen molar-refractivity contribution in [1.82, 2.24) is 0 Å². The second-order valence-electron chi connectivity index (χ2n) is 3.95. The molecule has 0 heterocycles. The zero-order chi connectivity index (χ0) is 13.0. The summed E-state index contributed by atoms with van der Waals surface area (Å²) in [6.45, 7) is 0. The maximum atomic E-state index is 5.99. The molecular weight excluding hydrogens is 238 g/mol. The van der Waals surface area contributed by atoms with Crippen LogP contribution in [0, 0.1) is 0 Å². The van der Waals surface area contributed by atoms with Crippen LogP contribution in [0.3, 0.4) is 0 Å². The first-order chi connectivity index (χ1) is 8.66. The Morgan fingerprint density at radius 1 is 1.06 bits per heavy atom. The minimum Gasteiger partial charge on any atom is -0.383 e. The molecule has 1 atom stereocenters. The molecule has 0 saturated carbocycles. The maximum absolute atomic E-state index is 5.99. The van der Waals surface area contributed by atoms with Crippen LogP contribution in [0.15, 0.2) is 59.6 Å². The number of rotatable bonds is 3. The normalized spacial score (nSPS) is 13.3. The number of amidine groups is 1. The van der Waals surface area contributed by atoms with Crippen molar-refractivity contribution in [3.8, 4) is 0 Å². The van der Waals surface area contributed by atoms with Crippen molar-refractivity contribution in [3.05, 3.63) is 65.7 Å². The Balaban J connectivity index is 2.23. The van der Waals surface area contributed by atoms with Gasteiger partial charge in [-0.3, -0.25) is 0 Å². The van der Waals surface area contributed by atoms with Crippen molar-refractivity contribution in [2.45, 2.75) is 6.17 Å². The molecule has 0 aliphatic heterocycles. The topological polar surface area (TPSA) is 64.4 Å². The quantitative estimate of drug-likeness (QED) is 0.483. The van der Waals surface area contributed by atoms with Gasteiger partial charge in [-0.1, -0.05) is 59.8 Å². The Labute approximate surface area is 110 Å². The number of aliphatic imine (C=N–C) groups is 1. The molecule has 0 aromatic heterocycles. The van der Waals surface area contributed by atoms with Gasteiger partial charge in [0, 0.05) is 5.56 Å². The zero-order valence-corrected chi connectivity index (χ0v) is 10.9. The van der Waals surface area contributed by atoms with Crippen LogP contribution in [0.25, 0.3) is 0 Å². The maximum Gasteiger partial charge on any atom is 0.127 e. The van der Waals surface area contributed by atoms with Crippen LogP contribution in [0.4, 0.5) is 0 Å². The highest BCUT2D eigenvalue weighted by atomic mass is 28.1. The van der Waals surface area contributed by atoms with E-state index in [2.05, 4.69) is 15.2 Å². The summed E-state index contributed by atoms with van der Waals surface area (Å²) >= 11 is 0. The summed E-state index contributed by atoms with van der Waals surface area (Å²) in [5.41, 5.74) is 13.7. The Morgan fingerprint density at radius 2 is 1.78 bits per heavy atom. The van der Waals surface area contributed by atoms with E-state index in [1.165, 1.54) is 0 Å². The first-order valence-corrected chi connectivity index (χ1v) is 6.12. The fourth-order valence-corrected chi connectivity index (χ4v) is 1.88. The molecule has 0 amide bonds. The lowest BCUT2D eigenvalue weighted by atomic mass is 10.1. The third kappa shape index (κ3) is 3.06. The van der Waals surface area contributed by atoms with Gasteiger partial charge < -0.3 is 11.5 Å². The molecule has 3 nitrogen and oxygen atoms in total. The van der Waals surface area contributed by atoms with Crippen molar-refractivity contribution in [2.75, 3.05) is 0 Å². The average Bonchev–Trinajstić information content (AvgIpc) is 2.39. The summed E-state index contributed by atoms with van der Waals surface area (Å²) in [6.07, 6.45) is -0.440. The van der Waals surface area contributed by atoms with Gasteiger partial charge >= 0.3 is 0 Å². The summed E-state index contributed by atoms with van der Waals surface area (Å²) in [7, 11) is 3.45. The van der Waals surface area contributed by atoms with Gasteiger partial charge in [-0.15, -0.1) is 0 Å². The molecule has 2 rings (SSSR count). The molecule has 2 aromatic carbocycles. The Bertz CT molecular complexity index is 552. The predicted octanol–water partition coefficient (Wildman–Crippen LogP) is 0.843. The first kappa shape index (κ1) is 12.5. The molecule has 0 aliphatic rings. The molecule has 0 saturated heterocycles. The van der Waals surface area contributed by atoms with Gasteiger partial charge in [0.25, 0.3) is 0 Å². The van der Waals surface area contributed by atoms with Gasteiger partial charge in [0.15, 0.2) is 0 Å². The summed E-state index contributed by atoms with van der Waals surface area (Å²) in [5, 5.41) is 0.957. The van der Waals surface area contributed by atoms with Crippen molar-refractivity contribution >= 4 is 21.3 Å². The van der Waals surface area contributed by atoms with Crippen LogP contribution < -0.4 is 16.7 Å². The van der Waals surface area contributed by atoms with E-state index in [-0.39, 0.29) is 0 Å². The molecular formula is C14H14N3Si. The SMILES string of the molecule is NC(=NC(N)c1ccccc1)c1cccc([Si])c1. The van der Waals surface area contributed by atoms with Crippen molar-refractivity contribution < 1.29 is 0 Å². The number of benzene rings is 2. The average molecular weight is 252 g/mol. The minimum atomic E-state index is -0.440. The number of hydrogen-bond donors (Lipinski definition) is 2. The van der Waals surface area contributed by atoms with E-state index >= 15 is 0 Å². The largest absolute Gasteiger partial charge is 0.383 e. The summed E-state index contributed by atoms with van der Waals surface area (Å²) < 4.78 is 0. The fourth-order valence-electron chi connectivity index (χ4n) is 1.63. The fraction of sp³-hybridized carbons (Fsp3) is 0.0714. The van der Waals surface area contributed by atoms with E-state index in [0.717, 1.165) is 16.3 Å². The lowest BCUT2D eigenvalue weighted by Gasteiger charge is -2.09. The van der Waals surface area contributed by atoms with Crippen molar-refractivity contribution in [3.63, 3.8) is 0 Å². The molecule has 4 N–H and O–H groups in total. The Kier molecular flexibility index (Phi) is 3.91. The zero-order valence-electron chi connectivity index (χ0n) is 9.88. The van der Waals surface area contributed by atoms with Gasteiger partial charge in [-0.25, -0.2) is 4.99 Å². The van der Waals surface area contributed by atoms with E-state index in [0.29, 0.717) is 5.84 Å². The lowest BCUT2D eigenvalue weighted by Crippen LogP contribution is -2.20. The third-order valence-electron chi connectivity index (χ3n) is 2.58. The van der Waals surface area contributed by atoms with Gasteiger partial charge in [0.2, 0.25) is 0 Å². The summed E-state index contributed by atoms with van der Waals surface area (Å²) in [5.74, 6) is 0.437. The van der Waals surface area contributed by atoms with E-state index in [9.17, 15) is 0 Å². The molecule has 89 valence electrons. The second-order valence-corrected chi connectivity index (χ2v) is 4.53. The molecule has 3 radical (unpaired) electrons. The van der Waals surface area contributed by atoms with Crippen LogP contribution in [0.1, 0.15) is 17.3 Å². The molecule has 0 fully saturated rings. The Morgan fingerprint density at radius 3 is 2.44 bits per heavy atom. The van der Waals surface area contributed by atoms with Crippen LogP contribution in [-0.4, -0.2) is 16.1 Å². The molecule has 0 aliphatic carbocycles. The van der Waals surface area contributed by atoms with Crippen LogP contribution in [0.5, 0.6) is 0 Å². The summed E-state index contributed by atoms with van der Waals surface area (Å²) in [4.78, 5) is 4.31. The monoisotopic (exact) mass is 252 g/mol. The Hall–Kier alpha value is -1.91. The van der Waals surface area contributed by atoms with Gasteiger partial charge in [0.05, 0.1) is 10.2 Å². The van der Waals surface area contributed by atoms with Crippen molar-refractivity contribution in [1.29, 1.82) is 0 Å². The third-order valence-corrected chi connectivity index (χ3v) is 2.89. The highest BCUT2D eigenvalue weighted by Gasteiger charge is 2.05. The number of nitrogens with zero attached hydrogens (tertiary/aromatic N) is 1. The second kappa shape index (κ2) is 5.62. The first-order valence-electron chi connectivity index (χ1n) is 5.62. The van der Waals surface area contributed by atoms with E-state index in [4.69, 9.17) is 11.5 Å². The van der Waals surface area contributed by atoms with Crippen LogP contribution >= 0.6 is 0 Å². The van der Waals surface area contributed by atoms with Gasteiger partial charge in [0.1, 0.15) is 12.0 Å². The van der Waals surface area contributed by atoms with Gasteiger partial charge in [-0.2, -0.15) is 0 Å². The molecule has 0 bridgehead atoms. The van der Waals surface area contributed by atoms with Crippen LogP contribution in [0.2, 0.25) is 0 Å². The lowest BCUT2D eigenvalue weighted by molar-refractivity contribution is 0.775. The highest BCUT2D eigenvalue weighted by Crippen LogP contribution is 2.11. The molecule has 0 spiro atoms. The minimum absolute atomic E-state index is 0.437. The van der Waals surface area contributed by atoms with Crippen LogP contribution in [-0.2, 0) is 0 Å². The van der Waals surface area contributed by atoms with E-state index in [1.54, 1.807) is 0 Å². The standard InChI is InChI=1S/C14H14N3Si/c15-13(10-5-2-1-3-6-10)17-14(16)11-7-4-8-12(18)9-11/h1-9,13H,15H2,(H2,16,17). The van der Waals surface area contributed by atoms with Gasteiger partial charge in [-0.05, 0) is 5.56 Å². The highest BCUT2D eigenvalue weighted by molar-refractivity contribution is 6.32. The summed E-state index contributed by atoms with van der Waals surface area (Å²) in [6, 6.07) is 17.3. The number of nitrogens with two attached hydrogens (primary N) is 2. The number of hydrogen-bond acceptors (Lipinski definition) is 2. The predicted molar refractivity (Wildman–Crippen MR) is 75.9 cm³/mol. The smallest absolute Gasteiger partial charge is 0.127 e. The molecule has 18 heavy (non-hydrogen) atoms. The van der Waals surface area contributed by atoms with E-state index in [1.807, 2.05) is 54.6 Å². The molecule has 2 aromatic rings. The van der Waals surface area contributed by atoms with Crippen molar-refractivity contribution in [2.24, 2.45) is 16.5 Å². The van der Waals surface area contributed by atoms with E-state index < -0.39 is 6.17 Å². The molecule has 4 heteroatoms. The molecule has 1 unspecified atom stereocenters.